The zero-order valence-electron chi connectivity index (χ0n) is 13.0. The van der Waals surface area contributed by atoms with Crippen LogP contribution in [-0.4, -0.2) is 19.7 Å². The van der Waals surface area contributed by atoms with Gasteiger partial charge < -0.3 is 0 Å². The van der Waals surface area contributed by atoms with Crippen molar-refractivity contribution in [2.75, 3.05) is 0 Å². The molecule has 0 aliphatic rings. The number of nitrogens with one attached hydrogen (secondary N) is 1. The molecule has 21 heavy (non-hydrogen) atoms. The third kappa shape index (κ3) is 3.86. The van der Waals surface area contributed by atoms with Gasteiger partial charge >= 0.3 is 0 Å². The molecule has 0 spiro atoms. The molecule has 6 nitrogen and oxygen atoms in total. The minimum atomic E-state index is 0.0121. The Balaban J connectivity index is 2.21. The largest absolute Gasteiger partial charge is 0.271 e. The van der Waals surface area contributed by atoms with Crippen molar-refractivity contribution in [2.45, 2.75) is 46.2 Å². The molecule has 3 N–H and O–H groups in total. The van der Waals surface area contributed by atoms with E-state index < -0.39 is 0 Å². The number of hydrazine groups is 1. The monoisotopic (exact) mass is 288 g/mol. The van der Waals surface area contributed by atoms with E-state index in [1.165, 1.54) is 11.1 Å². The molecule has 2 aromatic rings. The summed E-state index contributed by atoms with van der Waals surface area (Å²) in [7, 11) is 0. The molecule has 0 aromatic carbocycles. The fourth-order valence-corrected chi connectivity index (χ4v) is 2.46. The molecule has 0 saturated heterocycles. The standard InChI is InChI=1S/C15H24N6/c1-4-12-8-17-6-5-13(12)14(20-16)7-15-18-10-19-21(15)9-11(2)3/h5-6,8,10-11,14,20H,4,7,9,16H2,1-3H3. The van der Waals surface area contributed by atoms with Crippen LogP contribution in [0.2, 0.25) is 0 Å². The average Bonchev–Trinajstić information content (AvgIpc) is 2.91. The lowest BCUT2D eigenvalue weighted by Crippen LogP contribution is -2.31. The van der Waals surface area contributed by atoms with E-state index >= 15 is 0 Å². The summed E-state index contributed by atoms with van der Waals surface area (Å²) in [6.45, 7) is 7.32. The topological polar surface area (TPSA) is 81.7 Å². The average molecular weight is 288 g/mol. The van der Waals surface area contributed by atoms with Crippen LogP contribution in [0.5, 0.6) is 0 Å². The van der Waals surface area contributed by atoms with Gasteiger partial charge in [0.25, 0.3) is 0 Å². The van der Waals surface area contributed by atoms with Gasteiger partial charge in [-0.05, 0) is 29.5 Å². The quantitative estimate of drug-likeness (QED) is 0.598. The Bertz CT molecular complexity index is 563. The van der Waals surface area contributed by atoms with Crippen LogP contribution in [0, 0.1) is 5.92 Å². The number of rotatable bonds is 7. The molecular weight excluding hydrogens is 264 g/mol. The highest BCUT2D eigenvalue weighted by molar-refractivity contribution is 5.27. The summed E-state index contributed by atoms with van der Waals surface area (Å²) in [5.74, 6) is 7.25. The molecule has 114 valence electrons. The fourth-order valence-electron chi connectivity index (χ4n) is 2.46. The zero-order valence-corrected chi connectivity index (χ0v) is 13.0. The van der Waals surface area contributed by atoms with Crippen molar-refractivity contribution in [3.8, 4) is 0 Å². The maximum absolute atomic E-state index is 5.77. The Hall–Kier alpha value is -1.79. The second kappa shape index (κ2) is 7.28. The molecular formula is C15H24N6. The van der Waals surface area contributed by atoms with Gasteiger partial charge in [-0.3, -0.25) is 16.3 Å². The number of hydrogen-bond donors (Lipinski definition) is 2. The van der Waals surface area contributed by atoms with Crippen LogP contribution in [0.4, 0.5) is 0 Å². The van der Waals surface area contributed by atoms with E-state index in [1.54, 1.807) is 12.5 Å². The highest BCUT2D eigenvalue weighted by Gasteiger charge is 2.17. The molecule has 1 atom stereocenters. The van der Waals surface area contributed by atoms with Gasteiger partial charge in [0.1, 0.15) is 12.2 Å². The van der Waals surface area contributed by atoms with Crippen molar-refractivity contribution in [3.05, 3.63) is 41.7 Å². The highest BCUT2D eigenvalue weighted by atomic mass is 15.3. The molecule has 2 heterocycles. The zero-order chi connectivity index (χ0) is 15.2. The third-order valence-electron chi connectivity index (χ3n) is 3.52. The van der Waals surface area contributed by atoms with Gasteiger partial charge in [0.2, 0.25) is 0 Å². The predicted octanol–water partition coefficient (Wildman–Crippen LogP) is 1.64. The van der Waals surface area contributed by atoms with Crippen LogP contribution in [0.15, 0.2) is 24.8 Å². The van der Waals surface area contributed by atoms with E-state index in [9.17, 15) is 0 Å². The van der Waals surface area contributed by atoms with Crippen LogP contribution in [0.3, 0.4) is 0 Å². The lowest BCUT2D eigenvalue weighted by atomic mass is 9.98. The number of pyridine rings is 1. The lowest BCUT2D eigenvalue weighted by molar-refractivity contribution is 0.446. The second-order valence-electron chi connectivity index (χ2n) is 5.60. The SMILES string of the molecule is CCc1cnccc1C(Cc1ncnn1CC(C)C)NN. The Labute approximate surface area is 125 Å². The van der Waals surface area contributed by atoms with Crippen molar-refractivity contribution in [1.82, 2.24) is 25.2 Å². The normalized spacial score (nSPS) is 12.8. The van der Waals surface area contributed by atoms with E-state index in [2.05, 4.69) is 41.3 Å². The van der Waals surface area contributed by atoms with Crippen molar-refractivity contribution in [3.63, 3.8) is 0 Å². The summed E-state index contributed by atoms with van der Waals surface area (Å²) < 4.78 is 1.96. The molecule has 0 fully saturated rings. The van der Waals surface area contributed by atoms with Gasteiger partial charge in [-0.25, -0.2) is 9.67 Å². The smallest absolute Gasteiger partial charge is 0.138 e. The van der Waals surface area contributed by atoms with E-state index in [4.69, 9.17) is 5.84 Å². The van der Waals surface area contributed by atoms with Crippen LogP contribution in [-0.2, 0) is 19.4 Å². The molecule has 6 heteroatoms. The van der Waals surface area contributed by atoms with Crippen molar-refractivity contribution >= 4 is 0 Å². The molecule has 0 amide bonds. The number of nitrogens with two attached hydrogens (primary N) is 1. The first-order valence-electron chi connectivity index (χ1n) is 7.41. The van der Waals surface area contributed by atoms with Crippen molar-refractivity contribution < 1.29 is 0 Å². The Morgan fingerprint density at radius 2 is 2.19 bits per heavy atom. The van der Waals surface area contributed by atoms with Gasteiger partial charge in [0, 0.05) is 25.4 Å². The predicted molar refractivity (Wildman–Crippen MR) is 82.2 cm³/mol. The number of aromatic nitrogens is 4. The Morgan fingerprint density at radius 3 is 2.86 bits per heavy atom. The summed E-state index contributed by atoms with van der Waals surface area (Å²) >= 11 is 0. The number of nitrogens with zero attached hydrogens (tertiary/aromatic N) is 4. The molecule has 1 unspecified atom stereocenters. The second-order valence-corrected chi connectivity index (χ2v) is 5.60. The Morgan fingerprint density at radius 1 is 1.38 bits per heavy atom. The summed E-state index contributed by atoms with van der Waals surface area (Å²) in [6, 6.07) is 2.03. The maximum atomic E-state index is 5.77. The minimum Gasteiger partial charge on any atom is -0.271 e. The van der Waals surface area contributed by atoms with Gasteiger partial charge in [0.05, 0.1) is 6.04 Å². The summed E-state index contributed by atoms with van der Waals surface area (Å²) in [4.78, 5) is 8.56. The van der Waals surface area contributed by atoms with Crippen LogP contribution in [0.1, 0.15) is 43.8 Å². The minimum absolute atomic E-state index is 0.0121. The lowest BCUT2D eigenvalue weighted by Gasteiger charge is -2.19. The van der Waals surface area contributed by atoms with E-state index in [-0.39, 0.29) is 6.04 Å². The fraction of sp³-hybridized carbons (Fsp3) is 0.533. The van der Waals surface area contributed by atoms with Crippen LogP contribution in [0.25, 0.3) is 0 Å². The number of aryl methyl sites for hydroxylation is 1. The van der Waals surface area contributed by atoms with E-state index in [1.807, 2.05) is 16.9 Å². The molecule has 0 aliphatic heterocycles. The van der Waals surface area contributed by atoms with E-state index in [0.29, 0.717) is 12.3 Å². The summed E-state index contributed by atoms with van der Waals surface area (Å²) in [6.07, 6.45) is 6.95. The van der Waals surface area contributed by atoms with Gasteiger partial charge in [-0.1, -0.05) is 20.8 Å². The molecule has 0 aliphatic carbocycles. The van der Waals surface area contributed by atoms with Gasteiger partial charge in [-0.2, -0.15) is 5.10 Å². The van der Waals surface area contributed by atoms with E-state index in [0.717, 1.165) is 18.8 Å². The van der Waals surface area contributed by atoms with Gasteiger partial charge in [-0.15, -0.1) is 0 Å². The molecule has 2 aromatic heterocycles. The maximum Gasteiger partial charge on any atom is 0.138 e. The third-order valence-corrected chi connectivity index (χ3v) is 3.52. The molecule has 0 saturated carbocycles. The Kier molecular flexibility index (Phi) is 5.41. The number of hydrogen-bond acceptors (Lipinski definition) is 5. The summed E-state index contributed by atoms with van der Waals surface area (Å²) in [5.41, 5.74) is 5.28. The molecule has 2 rings (SSSR count). The van der Waals surface area contributed by atoms with Crippen molar-refractivity contribution in [2.24, 2.45) is 11.8 Å². The van der Waals surface area contributed by atoms with Gasteiger partial charge in [0.15, 0.2) is 0 Å². The van der Waals surface area contributed by atoms with Crippen LogP contribution < -0.4 is 11.3 Å². The summed E-state index contributed by atoms with van der Waals surface area (Å²) in [5, 5.41) is 4.30. The molecule has 0 bridgehead atoms. The van der Waals surface area contributed by atoms with Crippen molar-refractivity contribution in [1.29, 1.82) is 0 Å². The first kappa shape index (κ1) is 15.6. The molecule has 0 radical (unpaired) electrons. The van der Waals surface area contributed by atoms with Crippen LogP contribution >= 0.6 is 0 Å². The highest BCUT2D eigenvalue weighted by Crippen LogP contribution is 2.20. The first-order chi connectivity index (χ1) is 10.2. The first-order valence-corrected chi connectivity index (χ1v) is 7.41.